The van der Waals surface area contributed by atoms with Gasteiger partial charge in [0.1, 0.15) is 5.75 Å². The number of hydrogen-bond acceptors (Lipinski definition) is 8. The first-order valence-electron chi connectivity index (χ1n) is 18.4. The van der Waals surface area contributed by atoms with Gasteiger partial charge < -0.3 is 19.5 Å². The number of imide groups is 1. The average molecular weight is 748 g/mol. The van der Waals surface area contributed by atoms with Crippen LogP contribution in [0.5, 0.6) is 5.75 Å². The summed E-state index contributed by atoms with van der Waals surface area (Å²) in [5, 5.41) is 2.56. The Morgan fingerprint density at radius 1 is 0.792 bits per heavy atom. The number of urea groups is 1. The maximum Gasteiger partial charge on any atom is 0.338 e. The van der Waals surface area contributed by atoms with Crippen LogP contribution in [0.4, 0.5) is 10.5 Å². The lowest BCUT2D eigenvalue weighted by atomic mass is 10.0. The number of carbonyl (C=O) groups excluding carboxylic acids is 5. The van der Waals surface area contributed by atoms with Gasteiger partial charge in [-0.1, -0.05) is 113 Å². The Bertz CT molecular complexity index is 1690. The van der Waals surface area contributed by atoms with Gasteiger partial charge >= 0.3 is 12.0 Å². The summed E-state index contributed by atoms with van der Waals surface area (Å²) in [6, 6.07) is 19.6. The van der Waals surface area contributed by atoms with Crippen molar-refractivity contribution in [1.82, 2.24) is 9.80 Å². The third kappa shape index (κ3) is 10.7. The number of nitrogens with one attached hydrogen (secondary N) is 1. The number of ketones is 1. The highest BCUT2D eigenvalue weighted by molar-refractivity contribution is 6.51. The molecule has 1 fully saturated rings. The Labute approximate surface area is 316 Å². The highest BCUT2D eigenvalue weighted by Gasteiger charge is 2.61. The predicted molar refractivity (Wildman–Crippen MR) is 203 cm³/mol. The van der Waals surface area contributed by atoms with Crippen LogP contribution in [-0.4, -0.2) is 70.9 Å². The summed E-state index contributed by atoms with van der Waals surface area (Å²) < 4.78 is 16.4. The molecule has 284 valence electrons. The number of esters is 1. The highest BCUT2D eigenvalue weighted by Crippen LogP contribution is 2.36. The second-order valence-corrected chi connectivity index (χ2v) is 13.5. The zero-order chi connectivity index (χ0) is 38.2. The van der Waals surface area contributed by atoms with E-state index in [1.54, 1.807) is 31.2 Å². The minimum Gasteiger partial charge on any atom is -0.497 e. The molecule has 1 heterocycles. The van der Waals surface area contributed by atoms with Gasteiger partial charge in [0, 0.05) is 17.9 Å². The Hall–Kier alpha value is -4.74. The zero-order valence-electron chi connectivity index (χ0n) is 30.8. The van der Waals surface area contributed by atoms with E-state index in [-0.39, 0.29) is 36.6 Å². The Morgan fingerprint density at radius 3 is 2.06 bits per heavy atom. The minimum absolute atomic E-state index is 0.0544. The number of anilines is 1. The van der Waals surface area contributed by atoms with Crippen LogP contribution in [0.2, 0.25) is 0 Å². The fourth-order valence-corrected chi connectivity index (χ4v) is 6.43. The molecule has 2 unspecified atom stereocenters. The molecule has 1 aliphatic heterocycles. The van der Waals surface area contributed by atoms with Gasteiger partial charge in [-0.05, 0) is 61.4 Å². The molecule has 1 N–H and O–H groups in total. The van der Waals surface area contributed by atoms with Crippen molar-refractivity contribution in [1.29, 1.82) is 0 Å². The lowest BCUT2D eigenvalue weighted by Crippen LogP contribution is -2.60. The van der Waals surface area contributed by atoms with E-state index in [0.717, 1.165) is 30.6 Å². The monoisotopic (exact) mass is 747 g/mol. The molecule has 0 radical (unpaired) electrons. The molecule has 11 nitrogen and oxygen atoms in total. The van der Waals surface area contributed by atoms with Crippen LogP contribution in [0, 0.1) is 0 Å². The summed E-state index contributed by atoms with van der Waals surface area (Å²) >= 11 is 7.01. The molecule has 4 amide bonds. The van der Waals surface area contributed by atoms with E-state index in [2.05, 4.69) is 12.2 Å². The van der Waals surface area contributed by atoms with Crippen molar-refractivity contribution in [3.05, 3.63) is 95.6 Å². The fraction of sp³-hybridized carbons (Fsp3) is 0.439. The highest BCUT2D eigenvalue weighted by atomic mass is 35.5. The predicted octanol–water partition coefficient (Wildman–Crippen LogP) is 8.36. The lowest BCUT2D eigenvalue weighted by molar-refractivity contribution is -0.145. The van der Waals surface area contributed by atoms with Crippen molar-refractivity contribution < 1.29 is 38.2 Å². The Kier molecular flexibility index (Phi) is 15.9. The number of amides is 4. The molecule has 1 aliphatic rings. The molecule has 0 aromatic heterocycles. The number of unbranched alkanes of at least 4 members (excludes halogenated alkanes) is 9. The van der Waals surface area contributed by atoms with E-state index in [4.69, 9.17) is 25.8 Å². The van der Waals surface area contributed by atoms with Crippen LogP contribution in [0.3, 0.4) is 0 Å². The summed E-state index contributed by atoms with van der Waals surface area (Å²) in [6.07, 6.45) is 10.1. The average Bonchev–Trinajstić information content (AvgIpc) is 3.40. The molecule has 0 bridgehead atoms. The van der Waals surface area contributed by atoms with Gasteiger partial charge in [0.15, 0.2) is 0 Å². The van der Waals surface area contributed by atoms with Gasteiger partial charge in [-0.2, -0.15) is 0 Å². The topological polar surface area (TPSA) is 132 Å². The van der Waals surface area contributed by atoms with Gasteiger partial charge in [0.2, 0.25) is 12.0 Å². The van der Waals surface area contributed by atoms with Crippen molar-refractivity contribution >= 4 is 46.9 Å². The maximum atomic E-state index is 14.3. The third-order valence-electron chi connectivity index (χ3n) is 9.02. The molecule has 3 aromatic rings. The number of methoxy groups -OCH3 is 1. The number of nitrogens with zero attached hydrogens (tertiary/aromatic N) is 2. The van der Waals surface area contributed by atoms with E-state index in [9.17, 15) is 24.0 Å². The zero-order valence-corrected chi connectivity index (χ0v) is 31.6. The molecule has 12 heteroatoms. The number of rotatable bonds is 22. The van der Waals surface area contributed by atoms with E-state index in [0.29, 0.717) is 16.2 Å². The van der Waals surface area contributed by atoms with Crippen LogP contribution in [0.25, 0.3) is 0 Å². The van der Waals surface area contributed by atoms with Crippen molar-refractivity contribution in [2.75, 3.05) is 25.6 Å². The molecule has 53 heavy (non-hydrogen) atoms. The number of hydrogen-bond donors (Lipinski definition) is 1. The van der Waals surface area contributed by atoms with Gasteiger partial charge in [0.05, 0.1) is 25.8 Å². The van der Waals surface area contributed by atoms with Gasteiger partial charge in [-0.15, -0.1) is 0 Å². The molecule has 2 atom stereocenters. The van der Waals surface area contributed by atoms with E-state index >= 15 is 0 Å². The van der Waals surface area contributed by atoms with Crippen LogP contribution in [0.15, 0.2) is 78.9 Å². The molecule has 0 saturated carbocycles. The quantitative estimate of drug-likeness (QED) is 0.0206. The molecule has 0 aliphatic carbocycles. The second kappa shape index (κ2) is 20.5. The van der Waals surface area contributed by atoms with E-state index < -0.39 is 40.8 Å². The summed E-state index contributed by atoms with van der Waals surface area (Å²) in [4.78, 5) is 68.2. The van der Waals surface area contributed by atoms with Gasteiger partial charge in [-0.25, -0.2) is 14.5 Å². The Balaban J connectivity index is 1.50. The number of carbonyl (C=O) groups is 5. The number of halogens is 1. The molecule has 4 rings (SSSR count). The smallest absolute Gasteiger partial charge is 0.338 e. The summed E-state index contributed by atoms with van der Waals surface area (Å²) in [6.45, 7) is 4.12. The van der Waals surface area contributed by atoms with Crippen LogP contribution in [-0.2, 0) is 25.6 Å². The summed E-state index contributed by atoms with van der Waals surface area (Å²) in [5.41, 5.74) is 0.881. The molecule has 3 aromatic carbocycles. The number of ether oxygens (including phenoxy) is 3. The van der Waals surface area contributed by atoms with Gasteiger partial charge in [0.25, 0.3) is 16.8 Å². The second-order valence-electron chi connectivity index (χ2n) is 12.9. The first-order valence-corrected chi connectivity index (χ1v) is 18.8. The largest absolute Gasteiger partial charge is 0.497 e. The molecular formula is C41H50ClN3O8. The standard InChI is InChI=1S/C41H50ClN3O8/c1-4-6-7-8-9-10-11-12-13-17-27-53-38(48)32-21-18-22-33(28-32)43-39(49)41(42,35(46)31-23-25-34(51-3)26-24-31)45-36(47)37(52-5-2)44(40(45)50)29-30-19-15-14-16-20-30/h14-16,18-26,28,37H,4-13,17,27,29H2,1-3H3,(H,43,49). The van der Waals surface area contributed by atoms with Crippen molar-refractivity contribution in [2.24, 2.45) is 0 Å². The van der Waals surface area contributed by atoms with E-state index in [1.807, 2.05) is 6.07 Å². The number of alkyl halides is 1. The first kappa shape index (κ1) is 41.0. The normalized spacial score (nSPS) is 15.3. The fourth-order valence-electron chi connectivity index (χ4n) is 6.12. The number of Topliss-reactive ketones (excluding diaryl/α,β-unsaturated/α-hetero) is 1. The molecule has 0 spiro atoms. The number of benzene rings is 3. The van der Waals surface area contributed by atoms with Crippen molar-refractivity contribution in [3.8, 4) is 5.75 Å². The molecular weight excluding hydrogens is 698 g/mol. The Morgan fingerprint density at radius 2 is 1.43 bits per heavy atom. The lowest BCUT2D eigenvalue weighted by Gasteiger charge is -2.32. The third-order valence-corrected chi connectivity index (χ3v) is 9.53. The summed E-state index contributed by atoms with van der Waals surface area (Å²) in [7, 11) is 1.45. The summed E-state index contributed by atoms with van der Waals surface area (Å²) in [5.74, 6) is -3.35. The van der Waals surface area contributed by atoms with Gasteiger partial charge in [-0.3, -0.25) is 19.3 Å². The first-order chi connectivity index (χ1) is 25.6. The minimum atomic E-state index is -2.89. The van der Waals surface area contributed by atoms with Crippen molar-refractivity contribution in [2.45, 2.75) is 95.8 Å². The van der Waals surface area contributed by atoms with Crippen LogP contribution in [0.1, 0.15) is 104 Å². The van der Waals surface area contributed by atoms with Crippen LogP contribution >= 0.6 is 11.6 Å². The van der Waals surface area contributed by atoms with Crippen LogP contribution < -0.4 is 10.1 Å². The maximum absolute atomic E-state index is 14.3. The van der Waals surface area contributed by atoms with Crippen molar-refractivity contribution in [3.63, 3.8) is 0 Å². The molecule has 1 saturated heterocycles. The SMILES string of the molecule is CCCCCCCCCCCCOC(=O)c1cccc(NC(=O)C(Cl)(C(=O)c2ccc(OC)cc2)N2C(=O)C(OCC)N(Cc3ccccc3)C2=O)c1. The van der Waals surface area contributed by atoms with E-state index in [1.165, 1.54) is 94.2 Å².